The Bertz CT molecular complexity index is 1410. The monoisotopic (exact) mass is 467 g/mol. The molecule has 0 saturated carbocycles. The molecule has 0 aliphatic heterocycles. The number of aromatic nitrogens is 1. The summed E-state index contributed by atoms with van der Waals surface area (Å²) in [4.78, 5) is 5.92. The van der Waals surface area contributed by atoms with Crippen molar-refractivity contribution in [3.05, 3.63) is 99.2 Å². The fourth-order valence-corrected chi connectivity index (χ4v) is 5.30. The van der Waals surface area contributed by atoms with Crippen LogP contribution in [0.15, 0.2) is 82.2 Å². The van der Waals surface area contributed by atoms with E-state index in [2.05, 4.69) is 73.8 Å². The maximum atomic E-state index is 5.37. The number of rotatable bonds is 4. The first-order chi connectivity index (χ1) is 16.6. The first kappa shape index (κ1) is 22.4. The third-order valence-electron chi connectivity index (χ3n) is 6.30. The van der Waals surface area contributed by atoms with Gasteiger partial charge in [-0.25, -0.2) is 9.67 Å². The summed E-state index contributed by atoms with van der Waals surface area (Å²) in [6.07, 6.45) is 4.40. The maximum absolute atomic E-state index is 5.37. The molecule has 0 saturated heterocycles. The van der Waals surface area contributed by atoms with Crippen LogP contribution in [-0.4, -0.2) is 17.5 Å². The van der Waals surface area contributed by atoms with Crippen molar-refractivity contribution in [1.82, 2.24) is 4.68 Å². The van der Waals surface area contributed by atoms with Crippen molar-refractivity contribution in [1.29, 1.82) is 0 Å². The minimum atomic E-state index is 0.842. The number of methoxy groups -OCH3 is 1. The summed E-state index contributed by atoms with van der Waals surface area (Å²) < 4.78 is 7.40. The number of thiazole rings is 1. The normalized spacial score (nSPS) is 15.3. The van der Waals surface area contributed by atoms with Crippen LogP contribution in [0.5, 0.6) is 5.75 Å². The van der Waals surface area contributed by atoms with Gasteiger partial charge in [-0.1, -0.05) is 42.0 Å². The average molecular weight is 468 g/mol. The van der Waals surface area contributed by atoms with Gasteiger partial charge >= 0.3 is 0 Å². The molecule has 1 aliphatic rings. The molecule has 5 heteroatoms. The Hall–Kier alpha value is -3.44. The van der Waals surface area contributed by atoms with Crippen LogP contribution in [-0.2, 0) is 6.42 Å². The van der Waals surface area contributed by atoms with E-state index in [1.165, 1.54) is 28.7 Å². The molecule has 0 unspecified atom stereocenters. The van der Waals surface area contributed by atoms with Crippen molar-refractivity contribution in [3.8, 4) is 17.0 Å². The van der Waals surface area contributed by atoms with E-state index in [4.69, 9.17) is 14.8 Å². The molecule has 4 nitrogen and oxygen atoms in total. The Labute approximate surface area is 204 Å². The van der Waals surface area contributed by atoms with Crippen LogP contribution in [0.4, 0.5) is 5.69 Å². The summed E-state index contributed by atoms with van der Waals surface area (Å²) in [6, 6.07) is 23.2. The SMILES string of the molecule is COc1ccc(-c2csc(=Nc3ccc(C)cc3C)n2/N=C2/CCCCc3ccccc32)cc1. The van der Waals surface area contributed by atoms with Gasteiger partial charge in [0.1, 0.15) is 5.75 Å². The summed E-state index contributed by atoms with van der Waals surface area (Å²) >= 11 is 1.62. The lowest BCUT2D eigenvalue weighted by molar-refractivity contribution is 0.415. The zero-order valence-corrected chi connectivity index (χ0v) is 20.7. The Morgan fingerprint density at radius 3 is 2.50 bits per heavy atom. The van der Waals surface area contributed by atoms with Crippen molar-refractivity contribution in [2.24, 2.45) is 10.1 Å². The third kappa shape index (κ3) is 4.62. The number of nitrogens with zero attached hydrogens (tertiary/aromatic N) is 3. The van der Waals surface area contributed by atoms with E-state index in [1.54, 1.807) is 18.4 Å². The molecule has 0 fully saturated rings. The second-order valence-corrected chi connectivity index (χ2v) is 9.59. The van der Waals surface area contributed by atoms with Gasteiger partial charge in [0.25, 0.3) is 0 Å². The lowest BCUT2D eigenvalue weighted by atomic mass is 10.0. The van der Waals surface area contributed by atoms with E-state index < -0.39 is 0 Å². The van der Waals surface area contributed by atoms with Gasteiger partial charge in [0.15, 0.2) is 0 Å². The Morgan fingerprint density at radius 2 is 1.71 bits per heavy atom. The summed E-state index contributed by atoms with van der Waals surface area (Å²) in [5.41, 5.74) is 9.27. The van der Waals surface area contributed by atoms with Crippen molar-refractivity contribution < 1.29 is 4.74 Å². The van der Waals surface area contributed by atoms with Crippen LogP contribution in [0.25, 0.3) is 11.3 Å². The molecule has 1 aliphatic carbocycles. The summed E-state index contributed by atoms with van der Waals surface area (Å²) in [5, 5.41) is 7.41. The van der Waals surface area contributed by atoms with Gasteiger partial charge in [0.2, 0.25) is 4.80 Å². The molecule has 0 bridgehead atoms. The fourth-order valence-electron chi connectivity index (χ4n) is 4.45. The molecular formula is C29H29N3OS. The van der Waals surface area contributed by atoms with E-state index in [-0.39, 0.29) is 0 Å². The lowest BCUT2D eigenvalue weighted by Gasteiger charge is -2.10. The molecule has 3 aromatic carbocycles. The van der Waals surface area contributed by atoms with Crippen molar-refractivity contribution >= 4 is 22.7 Å². The molecule has 0 atom stereocenters. The second kappa shape index (κ2) is 9.82. The highest BCUT2D eigenvalue weighted by Gasteiger charge is 2.16. The smallest absolute Gasteiger partial charge is 0.211 e. The van der Waals surface area contributed by atoms with Crippen LogP contribution in [0, 0.1) is 13.8 Å². The van der Waals surface area contributed by atoms with Crippen LogP contribution >= 0.6 is 11.3 Å². The van der Waals surface area contributed by atoms with Crippen LogP contribution in [0.2, 0.25) is 0 Å². The molecule has 1 heterocycles. The lowest BCUT2D eigenvalue weighted by Crippen LogP contribution is -2.15. The van der Waals surface area contributed by atoms with Crippen LogP contribution < -0.4 is 9.54 Å². The van der Waals surface area contributed by atoms with Crippen LogP contribution in [0.3, 0.4) is 0 Å². The maximum Gasteiger partial charge on any atom is 0.211 e. The van der Waals surface area contributed by atoms with Crippen molar-refractivity contribution in [2.45, 2.75) is 39.5 Å². The second-order valence-electron chi connectivity index (χ2n) is 8.76. The predicted molar refractivity (Wildman–Crippen MR) is 141 cm³/mol. The standard InChI is InChI=1S/C29H29N3OS/c1-20-12-17-26(21(2)18-20)30-29-32(28(19-34-29)23-13-15-24(33-3)16-14-23)31-27-11-7-5-9-22-8-4-6-10-25(22)27/h4,6,8,10,12-19H,5,7,9,11H2,1-3H3/b30-29?,31-27-. The first-order valence-corrected chi connectivity index (χ1v) is 12.6. The van der Waals surface area contributed by atoms with Gasteiger partial charge in [0.05, 0.1) is 24.2 Å². The van der Waals surface area contributed by atoms with Crippen LogP contribution in [0.1, 0.15) is 41.5 Å². The van der Waals surface area contributed by atoms with E-state index in [1.807, 2.05) is 16.8 Å². The number of hydrogen-bond donors (Lipinski definition) is 0. The molecule has 0 radical (unpaired) electrons. The Kier molecular flexibility index (Phi) is 6.45. The van der Waals surface area contributed by atoms with Gasteiger partial charge in [-0.05, 0) is 81.0 Å². The molecule has 0 N–H and O–H groups in total. The molecule has 0 spiro atoms. The molecule has 5 rings (SSSR count). The van der Waals surface area contributed by atoms with Gasteiger partial charge in [-0.15, -0.1) is 11.3 Å². The summed E-state index contributed by atoms with van der Waals surface area (Å²) in [5.74, 6) is 0.842. The number of hydrogen-bond acceptors (Lipinski definition) is 4. The number of aryl methyl sites for hydroxylation is 3. The highest BCUT2D eigenvalue weighted by Crippen LogP contribution is 2.26. The highest BCUT2D eigenvalue weighted by molar-refractivity contribution is 7.07. The summed E-state index contributed by atoms with van der Waals surface area (Å²) in [6.45, 7) is 4.22. The highest BCUT2D eigenvalue weighted by atomic mass is 32.1. The minimum absolute atomic E-state index is 0.842. The molecule has 172 valence electrons. The largest absolute Gasteiger partial charge is 0.497 e. The third-order valence-corrected chi connectivity index (χ3v) is 7.11. The zero-order chi connectivity index (χ0) is 23.5. The number of benzene rings is 3. The van der Waals surface area contributed by atoms with E-state index in [0.29, 0.717) is 0 Å². The molecule has 0 amide bonds. The predicted octanol–water partition coefficient (Wildman–Crippen LogP) is 7.05. The average Bonchev–Trinajstić information content (AvgIpc) is 3.12. The summed E-state index contributed by atoms with van der Waals surface area (Å²) in [7, 11) is 1.69. The van der Waals surface area contributed by atoms with Crippen molar-refractivity contribution in [3.63, 3.8) is 0 Å². The Morgan fingerprint density at radius 1 is 0.912 bits per heavy atom. The van der Waals surface area contributed by atoms with E-state index in [9.17, 15) is 0 Å². The molecular weight excluding hydrogens is 438 g/mol. The van der Waals surface area contributed by atoms with Gasteiger partial charge in [-0.2, -0.15) is 5.10 Å². The quantitative estimate of drug-likeness (QED) is 0.296. The van der Waals surface area contributed by atoms with Crippen molar-refractivity contribution in [2.75, 3.05) is 7.11 Å². The Balaban J connectivity index is 1.71. The van der Waals surface area contributed by atoms with Gasteiger partial charge in [-0.3, -0.25) is 0 Å². The fraction of sp³-hybridized carbons (Fsp3) is 0.241. The van der Waals surface area contributed by atoms with E-state index in [0.717, 1.165) is 52.5 Å². The number of fused-ring (bicyclic) bond motifs is 1. The van der Waals surface area contributed by atoms with E-state index >= 15 is 0 Å². The zero-order valence-electron chi connectivity index (χ0n) is 19.9. The molecule has 4 aromatic rings. The van der Waals surface area contributed by atoms with Gasteiger partial charge < -0.3 is 4.74 Å². The topological polar surface area (TPSA) is 38.9 Å². The molecule has 34 heavy (non-hydrogen) atoms. The number of ether oxygens (including phenoxy) is 1. The minimum Gasteiger partial charge on any atom is -0.497 e. The first-order valence-electron chi connectivity index (χ1n) is 11.8. The molecule has 1 aromatic heterocycles. The van der Waals surface area contributed by atoms with Gasteiger partial charge in [0, 0.05) is 16.5 Å².